The third-order valence-corrected chi connectivity index (χ3v) is 5.92. The smallest absolute Gasteiger partial charge is 0.123 e. The normalized spacial score (nSPS) is 12.2. The molecular formula is C32H32F2. The van der Waals surface area contributed by atoms with Crippen LogP contribution in [0.1, 0.15) is 66.5 Å². The molecule has 0 aromatic heterocycles. The summed E-state index contributed by atoms with van der Waals surface area (Å²) in [5, 5.41) is 0. The zero-order chi connectivity index (χ0) is 24.7. The summed E-state index contributed by atoms with van der Waals surface area (Å²) >= 11 is 0. The topological polar surface area (TPSA) is 0 Å². The Kier molecular flexibility index (Phi) is 8.54. The summed E-state index contributed by atoms with van der Waals surface area (Å²) in [6.45, 7) is 14.6. The Balaban J connectivity index is 2.18. The van der Waals surface area contributed by atoms with Crippen molar-refractivity contribution >= 4 is 23.3 Å². The fraction of sp³-hybridized carbons (Fsp3) is 0.188. The molecule has 0 amide bonds. The van der Waals surface area contributed by atoms with Crippen LogP contribution in [0.25, 0.3) is 23.3 Å². The van der Waals surface area contributed by atoms with Crippen molar-refractivity contribution in [2.45, 2.75) is 39.5 Å². The minimum absolute atomic E-state index is 0.253. The molecule has 0 spiro atoms. The molecule has 0 nitrogen and oxygen atoms in total. The standard InChI is InChI=1S/C32H32F2/c1-6-9-31-27(20-23(7-2)25-12-16-29(33)17-13-25)10-11-28(32(31)22(4)5)21-24(8-3)26-14-18-30(34)19-15-26/h7-8,10-22H,2-3,6,9H2,1,4-5H3/b23-20+,24-21+. The van der Waals surface area contributed by atoms with Gasteiger partial charge in [0.1, 0.15) is 11.6 Å². The molecule has 2 heteroatoms. The van der Waals surface area contributed by atoms with Gasteiger partial charge in [-0.3, -0.25) is 0 Å². The first kappa shape index (κ1) is 25.1. The van der Waals surface area contributed by atoms with Crippen LogP contribution in [0.15, 0.2) is 86.0 Å². The van der Waals surface area contributed by atoms with Gasteiger partial charge in [-0.05, 0) is 93.3 Å². The van der Waals surface area contributed by atoms with Gasteiger partial charge >= 0.3 is 0 Å². The highest BCUT2D eigenvalue weighted by molar-refractivity contribution is 5.90. The molecule has 3 aromatic rings. The van der Waals surface area contributed by atoms with E-state index in [0.717, 1.165) is 46.2 Å². The van der Waals surface area contributed by atoms with Gasteiger partial charge < -0.3 is 0 Å². The van der Waals surface area contributed by atoms with Crippen LogP contribution in [0.3, 0.4) is 0 Å². The van der Waals surface area contributed by atoms with Crippen LogP contribution in [0, 0.1) is 11.6 Å². The Labute approximate surface area is 202 Å². The molecule has 3 rings (SSSR count). The van der Waals surface area contributed by atoms with Gasteiger partial charge in [0, 0.05) is 0 Å². The van der Waals surface area contributed by atoms with Crippen molar-refractivity contribution in [3.63, 3.8) is 0 Å². The molecule has 0 fully saturated rings. The first-order valence-corrected chi connectivity index (χ1v) is 11.7. The number of rotatable bonds is 9. The molecule has 0 unspecified atom stereocenters. The molecule has 3 aromatic carbocycles. The highest BCUT2D eigenvalue weighted by Gasteiger charge is 2.15. The second kappa shape index (κ2) is 11.6. The van der Waals surface area contributed by atoms with Gasteiger partial charge in [-0.1, -0.05) is 88.9 Å². The molecule has 34 heavy (non-hydrogen) atoms. The average molecular weight is 455 g/mol. The fourth-order valence-corrected chi connectivity index (χ4v) is 4.31. The van der Waals surface area contributed by atoms with Gasteiger partial charge in [0.2, 0.25) is 0 Å². The van der Waals surface area contributed by atoms with Crippen LogP contribution in [0.4, 0.5) is 8.78 Å². The molecule has 0 saturated carbocycles. The number of hydrogen-bond donors (Lipinski definition) is 0. The van der Waals surface area contributed by atoms with Crippen molar-refractivity contribution in [3.8, 4) is 0 Å². The summed E-state index contributed by atoms with van der Waals surface area (Å²) < 4.78 is 26.9. The van der Waals surface area contributed by atoms with Crippen molar-refractivity contribution in [2.75, 3.05) is 0 Å². The van der Waals surface area contributed by atoms with E-state index in [0.29, 0.717) is 5.92 Å². The van der Waals surface area contributed by atoms with Gasteiger partial charge in [-0.25, -0.2) is 8.78 Å². The molecular weight excluding hydrogens is 422 g/mol. The third-order valence-electron chi connectivity index (χ3n) is 5.92. The maximum atomic E-state index is 13.4. The highest BCUT2D eigenvalue weighted by atomic mass is 19.1. The van der Waals surface area contributed by atoms with Crippen LogP contribution in [-0.2, 0) is 6.42 Å². The van der Waals surface area contributed by atoms with Gasteiger partial charge in [0.05, 0.1) is 0 Å². The molecule has 0 radical (unpaired) electrons. The lowest BCUT2D eigenvalue weighted by Gasteiger charge is -2.20. The maximum absolute atomic E-state index is 13.4. The van der Waals surface area contributed by atoms with Gasteiger partial charge in [-0.2, -0.15) is 0 Å². The van der Waals surface area contributed by atoms with Crippen molar-refractivity contribution in [1.29, 1.82) is 0 Å². The van der Waals surface area contributed by atoms with Crippen LogP contribution >= 0.6 is 0 Å². The molecule has 0 atom stereocenters. The quantitative estimate of drug-likeness (QED) is 0.223. The van der Waals surface area contributed by atoms with E-state index in [1.54, 1.807) is 24.3 Å². The summed E-state index contributed by atoms with van der Waals surface area (Å²) in [5.41, 5.74) is 8.63. The van der Waals surface area contributed by atoms with E-state index < -0.39 is 0 Å². The Morgan fingerprint density at radius 3 is 1.59 bits per heavy atom. The first-order valence-electron chi connectivity index (χ1n) is 11.7. The number of benzene rings is 3. The van der Waals surface area contributed by atoms with E-state index in [-0.39, 0.29) is 11.6 Å². The number of hydrogen-bond acceptors (Lipinski definition) is 0. The van der Waals surface area contributed by atoms with Gasteiger partial charge in [0.15, 0.2) is 0 Å². The zero-order valence-electron chi connectivity index (χ0n) is 20.2. The molecule has 174 valence electrons. The zero-order valence-corrected chi connectivity index (χ0v) is 20.2. The predicted molar refractivity (Wildman–Crippen MR) is 143 cm³/mol. The molecule has 0 aliphatic carbocycles. The molecule has 0 aliphatic heterocycles. The summed E-state index contributed by atoms with van der Waals surface area (Å²) in [6.07, 6.45) is 9.86. The molecule has 0 heterocycles. The molecule has 0 aliphatic rings. The van der Waals surface area contributed by atoms with Crippen molar-refractivity contribution < 1.29 is 8.78 Å². The minimum atomic E-state index is -0.254. The molecule has 0 bridgehead atoms. The Bertz CT molecular complexity index is 1210. The monoisotopic (exact) mass is 454 g/mol. The van der Waals surface area contributed by atoms with Crippen LogP contribution in [0.5, 0.6) is 0 Å². The van der Waals surface area contributed by atoms with Gasteiger partial charge in [0.25, 0.3) is 0 Å². The summed E-state index contributed by atoms with van der Waals surface area (Å²) in [7, 11) is 0. The lowest BCUT2D eigenvalue weighted by molar-refractivity contribution is 0.627. The Morgan fingerprint density at radius 2 is 1.18 bits per heavy atom. The van der Waals surface area contributed by atoms with E-state index in [1.165, 1.54) is 35.4 Å². The number of halogens is 2. The van der Waals surface area contributed by atoms with E-state index in [1.807, 2.05) is 12.2 Å². The summed E-state index contributed by atoms with van der Waals surface area (Å²) in [5.74, 6) is -0.203. The Hall–Kier alpha value is -3.52. The summed E-state index contributed by atoms with van der Waals surface area (Å²) in [6, 6.07) is 17.3. The number of allylic oxidation sites excluding steroid dienone is 4. The SMILES string of the molecule is C=C/C(=C\c1ccc(/C=C(\C=C)c2ccc(F)cc2)c(C(C)C)c1CCC)c1ccc(F)cc1. The first-order chi connectivity index (χ1) is 16.4. The van der Waals surface area contributed by atoms with Crippen molar-refractivity contribution in [2.24, 2.45) is 0 Å². The predicted octanol–water partition coefficient (Wildman–Crippen LogP) is 9.49. The summed E-state index contributed by atoms with van der Waals surface area (Å²) in [4.78, 5) is 0. The second-order valence-corrected chi connectivity index (χ2v) is 8.66. The molecule has 0 N–H and O–H groups in total. The van der Waals surface area contributed by atoms with Crippen molar-refractivity contribution in [3.05, 3.63) is 131 Å². The van der Waals surface area contributed by atoms with Crippen LogP contribution in [0.2, 0.25) is 0 Å². The largest absolute Gasteiger partial charge is 0.207 e. The fourth-order valence-electron chi connectivity index (χ4n) is 4.31. The van der Waals surface area contributed by atoms with E-state index in [2.05, 4.69) is 58.2 Å². The second-order valence-electron chi connectivity index (χ2n) is 8.66. The average Bonchev–Trinajstić information content (AvgIpc) is 2.83. The van der Waals surface area contributed by atoms with E-state index in [9.17, 15) is 8.78 Å². The van der Waals surface area contributed by atoms with Gasteiger partial charge in [-0.15, -0.1) is 0 Å². The lowest BCUT2D eigenvalue weighted by atomic mass is 9.85. The highest BCUT2D eigenvalue weighted by Crippen LogP contribution is 2.33. The van der Waals surface area contributed by atoms with E-state index >= 15 is 0 Å². The Morgan fingerprint density at radius 1 is 0.735 bits per heavy atom. The van der Waals surface area contributed by atoms with Crippen LogP contribution < -0.4 is 0 Å². The lowest BCUT2D eigenvalue weighted by Crippen LogP contribution is -2.03. The molecule has 0 saturated heterocycles. The van der Waals surface area contributed by atoms with E-state index in [4.69, 9.17) is 0 Å². The minimum Gasteiger partial charge on any atom is -0.207 e. The third kappa shape index (κ3) is 5.88. The van der Waals surface area contributed by atoms with Crippen LogP contribution in [-0.4, -0.2) is 0 Å². The maximum Gasteiger partial charge on any atom is 0.123 e. The van der Waals surface area contributed by atoms with Crippen molar-refractivity contribution in [1.82, 2.24) is 0 Å².